The van der Waals surface area contributed by atoms with Crippen molar-refractivity contribution in [1.82, 2.24) is 5.32 Å². The van der Waals surface area contributed by atoms with E-state index in [2.05, 4.69) is 80.5 Å². The number of unbranched alkanes of at least 4 members (excludes halogenated alkanes) is 2. The molecule has 0 radical (unpaired) electrons. The molecule has 0 atom stereocenters. The van der Waals surface area contributed by atoms with Crippen molar-refractivity contribution in [3.63, 3.8) is 0 Å². The summed E-state index contributed by atoms with van der Waals surface area (Å²) in [5.74, 6) is -0.333. The van der Waals surface area contributed by atoms with Crippen LogP contribution in [0.3, 0.4) is 0 Å². The number of aryl methyl sites for hydroxylation is 2. The van der Waals surface area contributed by atoms with Crippen molar-refractivity contribution in [2.45, 2.75) is 52.0 Å². The maximum absolute atomic E-state index is 13.3. The van der Waals surface area contributed by atoms with E-state index in [1.807, 2.05) is 24.3 Å². The number of hydrogen-bond acceptors (Lipinski definition) is 1. The Bertz CT molecular complexity index is 1340. The van der Waals surface area contributed by atoms with Crippen molar-refractivity contribution in [3.8, 4) is 11.1 Å². The van der Waals surface area contributed by atoms with E-state index in [9.17, 15) is 9.18 Å². The smallest absolute Gasteiger partial charge is 0.251 e. The first kappa shape index (κ1) is 28.3. The molecule has 4 rings (SSSR count). The first-order chi connectivity index (χ1) is 18.4. The Kier molecular flexibility index (Phi) is 10.3. The first-order valence-electron chi connectivity index (χ1n) is 13.1. The fourth-order valence-corrected chi connectivity index (χ4v) is 6.06. The van der Waals surface area contributed by atoms with Gasteiger partial charge in [0.15, 0.2) is 0 Å². The zero-order valence-electron chi connectivity index (χ0n) is 21.6. The SMILES string of the molecule is CCCCCc1ccc(CNC(=O)c2cc(Br)c(CCc3cccc(-c4ccc(F)cc4)c3)c(Br)c2)cc1. The van der Waals surface area contributed by atoms with Crippen LogP contribution in [0, 0.1) is 5.82 Å². The average Bonchev–Trinajstić information content (AvgIpc) is 2.92. The molecule has 196 valence electrons. The Morgan fingerprint density at radius 3 is 2.11 bits per heavy atom. The van der Waals surface area contributed by atoms with E-state index in [1.54, 1.807) is 12.1 Å². The van der Waals surface area contributed by atoms with Crippen LogP contribution < -0.4 is 5.32 Å². The lowest BCUT2D eigenvalue weighted by Crippen LogP contribution is -2.23. The fraction of sp³-hybridized carbons (Fsp3) is 0.242. The van der Waals surface area contributed by atoms with E-state index >= 15 is 0 Å². The van der Waals surface area contributed by atoms with Gasteiger partial charge in [0.25, 0.3) is 5.91 Å². The summed E-state index contributed by atoms with van der Waals surface area (Å²) in [4.78, 5) is 12.9. The molecule has 0 aliphatic rings. The molecular formula is C33H32Br2FNO. The summed E-state index contributed by atoms with van der Waals surface area (Å²) in [5, 5.41) is 3.04. The van der Waals surface area contributed by atoms with Crippen molar-refractivity contribution in [2.75, 3.05) is 0 Å². The van der Waals surface area contributed by atoms with Crippen LogP contribution in [-0.4, -0.2) is 5.91 Å². The highest BCUT2D eigenvalue weighted by Crippen LogP contribution is 2.29. The fourth-order valence-electron chi connectivity index (χ4n) is 4.48. The lowest BCUT2D eigenvalue weighted by molar-refractivity contribution is 0.0950. The van der Waals surface area contributed by atoms with E-state index < -0.39 is 0 Å². The minimum absolute atomic E-state index is 0.100. The van der Waals surface area contributed by atoms with Gasteiger partial charge >= 0.3 is 0 Å². The van der Waals surface area contributed by atoms with Crippen molar-refractivity contribution in [1.29, 1.82) is 0 Å². The van der Waals surface area contributed by atoms with Gasteiger partial charge in [0, 0.05) is 21.1 Å². The Morgan fingerprint density at radius 1 is 0.737 bits per heavy atom. The molecular weight excluding hydrogens is 605 g/mol. The number of hydrogen-bond donors (Lipinski definition) is 1. The first-order valence-corrected chi connectivity index (χ1v) is 14.7. The standard InChI is InChI=1S/C33H32Br2FNO/c1-2-3-4-6-23-9-11-25(12-10-23)22-37-33(38)28-20-31(34)30(32(35)21-28)18-13-24-7-5-8-27(19-24)26-14-16-29(36)17-15-26/h5,7-12,14-17,19-21H,2-4,6,13,18,22H2,1H3,(H,37,38). The third-order valence-electron chi connectivity index (χ3n) is 6.72. The number of benzene rings is 4. The van der Waals surface area contributed by atoms with Crippen molar-refractivity contribution >= 4 is 37.8 Å². The number of rotatable bonds is 11. The quantitative estimate of drug-likeness (QED) is 0.163. The predicted octanol–water partition coefficient (Wildman–Crippen LogP) is 9.47. The minimum Gasteiger partial charge on any atom is -0.348 e. The Labute approximate surface area is 241 Å². The largest absolute Gasteiger partial charge is 0.348 e. The molecule has 0 aliphatic heterocycles. The molecule has 0 saturated heterocycles. The molecule has 0 saturated carbocycles. The zero-order chi connectivity index (χ0) is 26.9. The number of carbonyl (C=O) groups excluding carboxylic acids is 1. The number of carbonyl (C=O) groups is 1. The van der Waals surface area contributed by atoms with Crippen LogP contribution >= 0.6 is 31.9 Å². The van der Waals surface area contributed by atoms with Gasteiger partial charge in [-0.25, -0.2) is 4.39 Å². The Hall–Kier alpha value is -2.76. The second-order valence-corrected chi connectivity index (χ2v) is 11.3. The maximum Gasteiger partial charge on any atom is 0.251 e. The summed E-state index contributed by atoms with van der Waals surface area (Å²) >= 11 is 7.36. The van der Waals surface area contributed by atoms with Gasteiger partial charge in [-0.05, 0) is 83.3 Å². The predicted molar refractivity (Wildman–Crippen MR) is 162 cm³/mol. The van der Waals surface area contributed by atoms with Gasteiger partial charge < -0.3 is 5.32 Å². The van der Waals surface area contributed by atoms with E-state index in [4.69, 9.17) is 0 Å². The van der Waals surface area contributed by atoms with Gasteiger partial charge in [0.2, 0.25) is 0 Å². The summed E-state index contributed by atoms with van der Waals surface area (Å²) in [5.41, 5.74) is 7.43. The van der Waals surface area contributed by atoms with Crippen molar-refractivity contribution in [2.24, 2.45) is 0 Å². The number of halogens is 3. The molecule has 4 aromatic carbocycles. The van der Waals surface area contributed by atoms with Crippen molar-refractivity contribution < 1.29 is 9.18 Å². The molecule has 2 nitrogen and oxygen atoms in total. The van der Waals surface area contributed by atoms with Crippen LogP contribution in [0.5, 0.6) is 0 Å². The third-order valence-corrected chi connectivity index (χ3v) is 8.13. The molecule has 0 bridgehead atoms. The molecule has 0 aromatic heterocycles. The van der Waals surface area contributed by atoms with Crippen LogP contribution in [0.25, 0.3) is 11.1 Å². The molecule has 0 unspecified atom stereocenters. The summed E-state index contributed by atoms with van der Waals surface area (Å²) in [6.07, 6.45) is 6.45. The van der Waals surface area contributed by atoms with E-state index in [-0.39, 0.29) is 11.7 Å². The molecule has 5 heteroatoms. The van der Waals surface area contributed by atoms with Crippen LogP contribution in [0.15, 0.2) is 93.9 Å². The van der Waals surface area contributed by atoms with Gasteiger partial charge in [-0.3, -0.25) is 4.79 Å². The van der Waals surface area contributed by atoms with Crippen LogP contribution in [0.2, 0.25) is 0 Å². The minimum atomic E-state index is -0.233. The number of amides is 1. The van der Waals surface area contributed by atoms with Crippen molar-refractivity contribution in [3.05, 3.63) is 128 Å². The highest BCUT2D eigenvalue weighted by Gasteiger charge is 2.13. The lowest BCUT2D eigenvalue weighted by Gasteiger charge is -2.12. The Morgan fingerprint density at radius 2 is 1.42 bits per heavy atom. The molecule has 0 heterocycles. The number of nitrogens with one attached hydrogen (secondary N) is 1. The lowest BCUT2D eigenvalue weighted by atomic mass is 9.99. The monoisotopic (exact) mass is 635 g/mol. The van der Waals surface area contributed by atoms with Crippen LogP contribution in [0.1, 0.15) is 58.8 Å². The Balaban J connectivity index is 1.35. The highest BCUT2D eigenvalue weighted by atomic mass is 79.9. The van der Waals surface area contributed by atoms with Gasteiger partial charge in [-0.15, -0.1) is 0 Å². The molecule has 0 spiro atoms. The highest BCUT2D eigenvalue weighted by molar-refractivity contribution is 9.11. The van der Waals surface area contributed by atoms with Crippen LogP contribution in [-0.2, 0) is 25.8 Å². The van der Waals surface area contributed by atoms with E-state index in [1.165, 1.54) is 42.5 Å². The van der Waals surface area contributed by atoms with Gasteiger partial charge in [0.1, 0.15) is 5.82 Å². The average molecular weight is 637 g/mol. The second-order valence-electron chi connectivity index (χ2n) is 9.58. The van der Waals surface area contributed by atoms with Crippen LogP contribution in [0.4, 0.5) is 4.39 Å². The normalized spacial score (nSPS) is 10.9. The van der Waals surface area contributed by atoms with Gasteiger partial charge in [0.05, 0.1) is 0 Å². The topological polar surface area (TPSA) is 29.1 Å². The summed E-state index contributed by atoms with van der Waals surface area (Å²) < 4.78 is 15.1. The summed E-state index contributed by atoms with van der Waals surface area (Å²) in [6.45, 7) is 2.71. The molecule has 1 N–H and O–H groups in total. The molecule has 0 aliphatic carbocycles. The molecule has 1 amide bonds. The third kappa shape index (κ3) is 7.87. The zero-order valence-corrected chi connectivity index (χ0v) is 24.7. The maximum atomic E-state index is 13.3. The summed E-state index contributed by atoms with van der Waals surface area (Å²) in [7, 11) is 0. The van der Waals surface area contributed by atoms with Gasteiger partial charge in [-0.1, -0.05) is 112 Å². The molecule has 0 fully saturated rings. The van der Waals surface area contributed by atoms with E-state index in [0.29, 0.717) is 12.1 Å². The molecule has 38 heavy (non-hydrogen) atoms. The second kappa shape index (κ2) is 13.9. The van der Waals surface area contributed by atoms with Gasteiger partial charge in [-0.2, -0.15) is 0 Å². The molecule has 4 aromatic rings. The van der Waals surface area contributed by atoms with E-state index in [0.717, 1.165) is 50.5 Å². The summed E-state index contributed by atoms with van der Waals surface area (Å²) in [6, 6.07) is 27.2.